The molecule has 1 aliphatic rings. The minimum atomic E-state index is -2.23. The fourth-order valence-corrected chi connectivity index (χ4v) is 4.06. The van der Waals surface area contributed by atoms with E-state index in [1.54, 1.807) is 7.11 Å². The smallest absolute Gasteiger partial charge is 0.208 e. The van der Waals surface area contributed by atoms with E-state index < -0.39 is 7.37 Å². The van der Waals surface area contributed by atoms with E-state index in [4.69, 9.17) is 4.52 Å². The fraction of sp³-hybridized carbons (Fsp3) is 1.00. The van der Waals surface area contributed by atoms with Crippen LogP contribution in [0.1, 0.15) is 20.8 Å². The summed E-state index contributed by atoms with van der Waals surface area (Å²) in [5, 5.41) is -0.0816. The summed E-state index contributed by atoms with van der Waals surface area (Å²) in [6, 6.07) is 0. The standard InChI is InChI=1S/C7H15O2P/c1-6-5-10(8,9-4)7(6,2)3/h6H,5H2,1-4H3/t6-,10-/m0/s1. The molecule has 60 valence electrons. The van der Waals surface area contributed by atoms with E-state index in [0.29, 0.717) is 5.92 Å². The van der Waals surface area contributed by atoms with Crippen molar-refractivity contribution < 1.29 is 9.09 Å². The molecule has 0 aliphatic carbocycles. The van der Waals surface area contributed by atoms with E-state index in [2.05, 4.69) is 6.92 Å². The molecule has 0 aromatic rings. The zero-order valence-electron chi connectivity index (χ0n) is 7.05. The minimum Gasteiger partial charge on any atom is -0.331 e. The largest absolute Gasteiger partial charge is 0.331 e. The van der Waals surface area contributed by atoms with E-state index in [0.717, 1.165) is 6.16 Å². The van der Waals surface area contributed by atoms with Crippen LogP contribution >= 0.6 is 7.37 Å². The lowest BCUT2D eigenvalue weighted by atomic mass is 9.98. The van der Waals surface area contributed by atoms with Crippen LogP contribution in [0.5, 0.6) is 0 Å². The first-order valence-electron chi connectivity index (χ1n) is 3.59. The summed E-state index contributed by atoms with van der Waals surface area (Å²) in [4.78, 5) is 0. The van der Waals surface area contributed by atoms with Gasteiger partial charge < -0.3 is 4.52 Å². The van der Waals surface area contributed by atoms with Gasteiger partial charge in [0.25, 0.3) is 0 Å². The van der Waals surface area contributed by atoms with Crippen LogP contribution < -0.4 is 0 Å². The number of hydrogen-bond donors (Lipinski definition) is 0. The molecule has 0 saturated carbocycles. The SMILES string of the molecule is CO[P@@]1(=O)C[C@H](C)C1(C)C. The van der Waals surface area contributed by atoms with Crippen molar-refractivity contribution in [1.29, 1.82) is 0 Å². The second-order valence-corrected chi connectivity index (χ2v) is 6.82. The molecule has 0 bridgehead atoms. The number of rotatable bonds is 1. The Morgan fingerprint density at radius 2 is 2.10 bits per heavy atom. The molecule has 0 aromatic carbocycles. The molecule has 2 atom stereocenters. The second-order valence-electron chi connectivity index (χ2n) is 3.59. The minimum absolute atomic E-state index is 0.0816. The Hall–Kier alpha value is 0.190. The summed E-state index contributed by atoms with van der Waals surface area (Å²) in [5.41, 5.74) is 0. The van der Waals surface area contributed by atoms with Crippen molar-refractivity contribution in [1.82, 2.24) is 0 Å². The maximum Gasteiger partial charge on any atom is 0.208 e. The maximum atomic E-state index is 11.7. The molecule has 1 aliphatic heterocycles. The Labute approximate surface area is 62.4 Å². The molecule has 1 saturated heterocycles. The topological polar surface area (TPSA) is 26.3 Å². The Morgan fingerprint density at radius 1 is 1.60 bits per heavy atom. The van der Waals surface area contributed by atoms with E-state index in [1.165, 1.54) is 0 Å². The molecular weight excluding hydrogens is 147 g/mol. The maximum absolute atomic E-state index is 11.7. The van der Waals surface area contributed by atoms with Crippen molar-refractivity contribution in [2.24, 2.45) is 5.92 Å². The summed E-state index contributed by atoms with van der Waals surface area (Å²) >= 11 is 0. The van der Waals surface area contributed by atoms with Crippen molar-refractivity contribution in [2.75, 3.05) is 13.3 Å². The highest BCUT2D eigenvalue weighted by Crippen LogP contribution is 2.71. The predicted molar refractivity (Wildman–Crippen MR) is 42.7 cm³/mol. The van der Waals surface area contributed by atoms with Gasteiger partial charge in [0.2, 0.25) is 7.37 Å². The van der Waals surface area contributed by atoms with Crippen molar-refractivity contribution in [3.8, 4) is 0 Å². The summed E-state index contributed by atoms with van der Waals surface area (Å²) < 4.78 is 16.7. The second kappa shape index (κ2) is 2.09. The Balaban J connectivity index is 2.81. The molecule has 0 spiro atoms. The van der Waals surface area contributed by atoms with Gasteiger partial charge in [-0.15, -0.1) is 0 Å². The monoisotopic (exact) mass is 162 g/mol. The molecule has 10 heavy (non-hydrogen) atoms. The highest BCUT2D eigenvalue weighted by molar-refractivity contribution is 7.62. The summed E-state index contributed by atoms with van der Waals surface area (Å²) in [5.74, 6) is 0.540. The van der Waals surface area contributed by atoms with Gasteiger partial charge in [0.1, 0.15) is 0 Å². The lowest BCUT2D eigenvalue weighted by Crippen LogP contribution is -2.43. The van der Waals surface area contributed by atoms with Gasteiger partial charge in [0.15, 0.2) is 0 Å². The van der Waals surface area contributed by atoms with Gasteiger partial charge in [0.05, 0.1) is 0 Å². The zero-order chi connectivity index (χ0) is 7.99. The third kappa shape index (κ3) is 0.787. The molecule has 1 heterocycles. The van der Waals surface area contributed by atoms with E-state index in [9.17, 15) is 4.57 Å². The van der Waals surface area contributed by atoms with Gasteiger partial charge in [-0.2, -0.15) is 0 Å². The average Bonchev–Trinajstić information content (AvgIpc) is 1.88. The first kappa shape index (κ1) is 8.29. The van der Waals surface area contributed by atoms with Gasteiger partial charge in [-0.05, 0) is 5.92 Å². The van der Waals surface area contributed by atoms with Gasteiger partial charge in [-0.1, -0.05) is 20.8 Å². The Kier molecular flexibility index (Phi) is 1.73. The van der Waals surface area contributed by atoms with Gasteiger partial charge in [-0.3, -0.25) is 4.57 Å². The Morgan fingerprint density at radius 3 is 2.20 bits per heavy atom. The Bertz CT molecular complexity index is 186. The normalized spacial score (nSPS) is 44.6. The summed E-state index contributed by atoms with van der Waals surface area (Å²) in [7, 11) is -0.683. The molecule has 0 N–H and O–H groups in total. The van der Waals surface area contributed by atoms with Crippen LogP contribution in [0, 0.1) is 5.92 Å². The average molecular weight is 162 g/mol. The lowest BCUT2D eigenvalue weighted by Gasteiger charge is -2.48. The molecule has 0 radical (unpaired) electrons. The highest BCUT2D eigenvalue weighted by Gasteiger charge is 2.55. The fourth-order valence-electron chi connectivity index (χ4n) is 1.35. The predicted octanol–water partition coefficient (Wildman–Crippen LogP) is 2.34. The van der Waals surface area contributed by atoms with Crippen LogP contribution in [0.4, 0.5) is 0 Å². The molecule has 1 rings (SSSR count). The van der Waals surface area contributed by atoms with E-state index in [-0.39, 0.29) is 5.16 Å². The summed E-state index contributed by atoms with van der Waals surface area (Å²) in [6.07, 6.45) is 0.760. The highest BCUT2D eigenvalue weighted by atomic mass is 31.2. The molecular formula is C7H15O2P. The third-order valence-electron chi connectivity index (χ3n) is 2.89. The molecule has 0 unspecified atom stereocenters. The van der Waals surface area contributed by atoms with Crippen molar-refractivity contribution >= 4 is 7.37 Å². The number of hydrogen-bond acceptors (Lipinski definition) is 2. The zero-order valence-corrected chi connectivity index (χ0v) is 7.94. The first-order valence-corrected chi connectivity index (χ1v) is 5.40. The van der Waals surface area contributed by atoms with Gasteiger partial charge >= 0.3 is 0 Å². The van der Waals surface area contributed by atoms with Crippen molar-refractivity contribution in [3.05, 3.63) is 0 Å². The lowest BCUT2D eigenvalue weighted by molar-refractivity contribution is 0.290. The van der Waals surface area contributed by atoms with Crippen LogP contribution in [0.25, 0.3) is 0 Å². The van der Waals surface area contributed by atoms with Crippen LogP contribution in [0.3, 0.4) is 0 Å². The molecule has 1 fully saturated rings. The molecule has 0 aromatic heterocycles. The summed E-state index contributed by atoms with van der Waals surface area (Å²) in [6.45, 7) is 6.16. The van der Waals surface area contributed by atoms with Crippen LogP contribution in [-0.4, -0.2) is 18.4 Å². The van der Waals surface area contributed by atoms with Gasteiger partial charge in [0, 0.05) is 18.4 Å². The first-order chi connectivity index (χ1) is 4.44. The van der Waals surface area contributed by atoms with E-state index in [1.807, 2.05) is 13.8 Å². The quantitative estimate of drug-likeness (QED) is 0.553. The van der Waals surface area contributed by atoms with Gasteiger partial charge in [-0.25, -0.2) is 0 Å². The van der Waals surface area contributed by atoms with E-state index >= 15 is 0 Å². The van der Waals surface area contributed by atoms with Crippen molar-refractivity contribution in [3.63, 3.8) is 0 Å². The molecule has 2 nitrogen and oxygen atoms in total. The molecule has 3 heteroatoms. The van der Waals surface area contributed by atoms with Crippen molar-refractivity contribution in [2.45, 2.75) is 25.9 Å². The third-order valence-corrected chi connectivity index (χ3v) is 6.71. The van der Waals surface area contributed by atoms with Crippen LogP contribution in [0.2, 0.25) is 0 Å². The molecule has 0 amide bonds. The van der Waals surface area contributed by atoms with Crippen LogP contribution in [0.15, 0.2) is 0 Å². The van der Waals surface area contributed by atoms with Crippen LogP contribution in [-0.2, 0) is 9.09 Å².